The molecule has 0 radical (unpaired) electrons. The number of hydrogen-bond donors (Lipinski definition) is 2. The quantitative estimate of drug-likeness (QED) is 0.421. The maximum absolute atomic E-state index is 13.1. The Morgan fingerprint density at radius 2 is 1.94 bits per heavy atom. The van der Waals surface area contributed by atoms with Crippen LogP contribution in [-0.2, 0) is 6.54 Å². The molecule has 0 saturated heterocycles. The Labute approximate surface area is 211 Å². The zero-order valence-electron chi connectivity index (χ0n) is 20.7. The number of benzene rings is 2. The molecule has 1 aromatic heterocycles. The lowest BCUT2D eigenvalue weighted by Gasteiger charge is -2.18. The second kappa shape index (κ2) is 10.5. The summed E-state index contributed by atoms with van der Waals surface area (Å²) in [5, 5.41) is 6.91. The summed E-state index contributed by atoms with van der Waals surface area (Å²) in [7, 11) is 4.00. The van der Waals surface area contributed by atoms with Crippen LogP contribution in [0.4, 0.5) is 23.1 Å². The van der Waals surface area contributed by atoms with Gasteiger partial charge < -0.3 is 25.2 Å². The summed E-state index contributed by atoms with van der Waals surface area (Å²) >= 11 is 6.37. The van der Waals surface area contributed by atoms with Crippen molar-refractivity contribution in [3.05, 3.63) is 64.3 Å². The topological polar surface area (TPSA) is 82.6 Å². The molecule has 3 aromatic rings. The number of halogens is 1. The predicted molar refractivity (Wildman–Crippen MR) is 140 cm³/mol. The Morgan fingerprint density at radius 3 is 2.66 bits per heavy atom. The van der Waals surface area contributed by atoms with Gasteiger partial charge in [-0.05, 0) is 64.2 Å². The van der Waals surface area contributed by atoms with Gasteiger partial charge in [-0.1, -0.05) is 29.8 Å². The predicted octanol–water partition coefficient (Wildman–Crippen LogP) is 5.23. The van der Waals surface area contributed by atoms with E-state index in [1.165, 1.54) is 0 Å². The first-order valence-corrected chi connectivity index (χ1v) is 12.0. The molecule has 0 unspecified atom stereocenters. The van der Waals surface area contributed by atoms with Crippen molar-refractivity contribution in [3.63, 3.8) is 0 Å². The van der Waals surface area contributed by atoms with Gasteiger partial charge in [0.2, 0.25) is 5.95 Å². The van der Waals surface area contributed by atoms with Crippen LogP contribution >= 0.6 is 11.6 Å². The van der Waals surface area contributed by atoms with Gasteiger partial charge in [0, 0.05) is 30.9 Å². The molecule has 0 atom stereocenters. The number of para-hydroxylation sites is 1. The van der Waals surface area contributed by atoms with E-state index < -0.39 is 0 Å². The summed E-state index contributed by atoms with van der Waals surface area (Å²) < 4.78 is 6.08. The molecule has 1 aliphatic rings. The number of rotatable bonds is 9. The molecule has 0 bridgehead atoms. The second-order valence-electron chi connectivity index (χ2n) is 9.16. The molecule has 9 heteroatoms. The van der Waals surface area contributed by atoms with Gasteiger partial charge in [-0.15, -0.1) is 0 Å². The second-order valence-corrected chi connectivity index (χ2v) is 9.56. The first kappa shape index (κ1) is 24.8. The number of likely N-dealkylation sites (N-methyl/N-ethyl adjacent to an activating group) is 1. The van der Waals surface area contributed by atoms with Gasteiger partial charge in [-0.3, -0.25) is 4.79 Å². The van der Waals surface area contributed by atoms with Gasteiger partial charge in [0.1, 0.15) is 10.8 Å². The minimum atomic E-state index is -0.0417. The molecule has 0 saturated carbocycles. The minimum Gasteiger partial charge on any atom is -0.489 e. The largest absolute Gasteiger partial charge is 0.489 e. The third-order valence-corrected chi connectivity index (χ3v) is 5.93. The molecule has 2 N–H and O–H groups in total. The molecule has 2 heterocycles. The van der Waals surface area contributed by atoms with Crippen LogP contribution in [0, 0.1) is 6.92 Å². The molecule has 35 heavy (non-hydrogen) atoms. The van der Waals surface area contributed by atoms with Crippen LogP contribution in [0.1, 0.15) is 35.3 Å². The number of nitrogens with zero attached hydrogens (tertiary/aromatic N) is 4. The number of aryl methyl sites for hydroxylation is 1. The molecule has 8 nitrogen and oxygen atoms in total. The van der Waals surface area contributed by atoms with E-state index in [2.05, 4.69) is 25.5 Å². The highest BCUT2D eigenvalue weighted by Crippen LogP contribution is 2.36. The average molecular weight is 495 g/mol. The van der Waals surface area contributed by atoms with Gasteiger partial charge in [0.25, 0.3) is 5.91 Å². The molecule has 1 amide bonds. The van der Waals surface area contributed by atoms with Crippen LogP contribution in [0.5, 0.6) is 5.75 Å². The van der Waals surface area contributed by atoms with E-state index in [9.17, 15) is 4.79 Å². The number of carbonyl (C=O) groups excluding carboxylic acids is 1. The van der Waals surface area contributed by atoms with Gasteiger partial charge in [0.15, 0.2) is 5.82 Å². The highest BCUT2D eigenvalue weighted by molar-refractivity contribution is 6.32. The number of aromatic nitrogens is 2. The third kappa shape index (κ3) is 5.83. The summed E-state index contributed by atoms with van der Waals surface area (Å²) in [5.74, 6) is 1.48. The zero-order chi connectivity index (χ0) is 25.1. The Morgan fingerprint density at radius 1 is 1.17 bits per heavy atom. The number of amides is 1. The maximum Gasteiger partial charge on any atom is 0.254 e. The van der Waals surface area contributed by atoms with E-state index in [0.29, 0.717) is 46.9 Å². The fourth-order valence-corrected chi connectivity index (χ4v) is 3.96. The van der Waals surface area contributed by atoms with Gasteiger partial charge in [-0.25, -0.2) is 4.98 Å². The normalized spacial score (nSPS) is 12.9. The summed E-state index contributed by atoms with van der Waals surface area (Å²) in [5.41, 5.74) is 4.22. The summed E-state index contributed by atoms with van der Waals surface area (Å²) in [6.07, 6.45) is 1.50. The fourth-order valence-electron chi connectivity index (χ4n) is 3.83. The third-order valence-electron chi connectivity index (χ3n) is 5.65. The smallest absolute Gasteiger partial charge is 0.254 e. The first-order chi connectivity index (χ1) is 16.7. The van der Waals surface area contributed by atoms with Crippen molar-refractivity contribution in [2.24, 2.45) is 0 Å². The molecule has 4 rings (SSSR count). The molecule has 0 aliphatic carbocycles. The standard InChI is InChI=1S/C26H31ClN6O2/c1-16(2)35-23-12-18-15-33(11-10-32(4)5)25(34)19(18)13-22(23)30-26-28-14-20(27)24(31-26)29-21-9-7-6-8-17(21)3/h6-9,12-14,16H,10-11,15H2,1-5H3,(H2,28,29,30,31). The lowest BCUT2D eigenvalue weighted by atomic mass is 10.1. The van der Waals surface area contributed by atoms with Gasteiger partial charge in [0.05, 0.1) is 18.0 Å². The van der Waals surface area contributed by atoms with Crippen LogP contribution in [0.15, 0.2) is 42.6 Å². The summed E-state index contributed by atoms with van der Waals surface area (Å²) in [4.78, 5) is 25.9. The van der Waals surface area contributed by atoms with Gasteiger partial charge >= 0.3 is 0 Å². The number of carbonyl (C=O) groups is 1. The molecular formula is C26H31ClN6O2. The Balaban J connectivity index is 1.63. The SMILES string of the molecule is Cc1ccccc1Nc1nc(Nc2cc3c(cc2OC(C)C)CN(CCN(C)C)C3=O)ncc1Cl. The Kier molecular flexibility index (Phi) is 7.42. The van der Waals surface area contributed by atoms with Crippen LogP contribution in [0.2, 0.25) is 5.02 Å². The molecule has 1 aliphatic heterocycles. The monoisotopic (exact) mass is 494 g/mol. The van der Waals surface area contributed by atoms with E-state index >= 15 is 0 Å². The zero-order valence-corrected chi connectivity index (χ0v) is 21.5. The Bertz CT molecular complexity index is 1230. The van der Waals surface area contributed by atoms with E-state index in [4.69, 9.17) is 16.3 Å². The number of nitrogens with one attached hydrogen (secondary N) is 2. The van der Waals surface area contributed by atoms with Crippen molar-refractivity contribution in [1.82, 2.24) is 19.8 Å². The molecule has 184 valence electrons. The minimum absolute atomic E-state index is 0.0138. The van der Waals surface area contributed by atoms with Crippen LogP contribution in [0.25, 0.3) is 0 Å². The Hall–Kier alpha value is -3.36. The van der Waals surface area contributed by atoms with E-state index in [1.807, 2.05) is 76.2 Å². The maximum atomic E-state index is 13.1. The number of hydrogen-bond acceptors (Lipinski definition) is 7. The average Bonchev–Trinajstić information content (AvgIpc) is 3.10. The van der Waals surface area contributed by atoms with E-state index in [0.717, 1.165) is 23.4 Å². The van der Waals surface area contributed by atoms with Crippen molar-refractivity contribution in [3.8, 4) is 5.75 Å². The van der Waals surface area contributed by atoms with Gasteiger partial charge in [-0.2, -0.15) is 4.98 Å². The molecule has 0 spiro atoms. The lowest BCUT2D eigenvalue weighted by molar-refractivity contribution is 0.0768. The van der Waals surface area contributed by atoms with E-state index in [-0.39, 0.29) is 12.0 Å². The highest BCUT2D eigenvalue weighted by atomic mass is 35.5. The summed E-state index contributed by atoms with van der Waals surface area (Å²) in [6.45, 7) is 7.98. The fraction of sp³-hybridized carbons (Fsp3) is 0.346. The molecule has 0 fully saturated rings. The number of anilines is 4. The highest BCUT2D eigenvalue weighted by Gasteiger charge is 2.29. The molecule has 2 aromatic carbocycles. The molecular weight excluding hydrogens is 464 g/mol. The van der Waals surface area contributed by atoms with Crippen molar-refractivity contribution >= 4 is 40.6 Å². The van der Waals surface area contributed by atoms with E-state index in [1.54, 1.807) is 6.20 Å². The lowest BCUT2D eigenvalue weighted by Crippen LogP contribution is -2.31. The van der Waals surface area contributed by atoms with Crippen LogP contribution in [-0.4, -0.2) is 59.0 Å². The van der Waals surface area contributed by atoms with Crippen LogP contribution < -0.4 is 15.4 Å². The van der Waals surface area contributed by atoms with Crippen molar-refractivity contribution in [2.45, 2.75) is 33.4 Å². The first-order valence-electron chi connectivity index (χ1n) is 11.6. The van der Waals surface area contributed by atoms with Crippen molar-refractivity contribution < 1.29 is 9.53 Å². The van der Waals surface area contributed by atoms with Crippen LogP contribution in [0.3, 0.4) is 0 Å². The van der Waals surface area contributed by atoms with Crippen molar-refractivity contribution in [2.75, 3.05) is 37.8 Å². The number of ether oxygens (including phenoxy) is 1. The summed E-state index contributed by atoms with van der Waals surface area (Å²) in [6, 6.07) is 11.7. The van der Waals surface area contributed by atoms with Crippen molar-refractivity contribution in [1.29, 1.82) is 0 Å². The number of fused-ring (bicyclic) bond motifs is 1.